The molecule has 2 fully saturated rings. The van der Waals surface area contributed by atoms with Gasteiger partial charge in [-0.05, 0) is 18.9 Å². The van der Waals surface area contributed by atoms with Crippen LogP contribution >= 0.6 is 0 Å². The number of aromatic nitrogens is 3. The van der Waals surface area contributed by atoms with Crippen molar-refractivity contribution in [3.8, 4) is 0 Å². The molecule has 0 bridgehead atoms. The zero-order valence-corrected chi connectivity index (χ0v) is 19.1. The van der Waals surface area contributed by atoms with Crippen LogP contribution in [0.15, 0.2) is 24.4 Å². The quantitative estimate of drug-likeness (QED) is 0.527. The molecule has 0 radical (unpaired) electrons. The van der Waals surface area contributed by atoms with Crippen LogP contribution in [0.25, 0.3) is 10.9 Å². The number of pyridine rings is 1. The summed E-state index contributed by atoms with van der Waals surface area (Å²) in [6, 6.07) is 0.829. The van der Waals surface area contributed by atoms with E-state index in [0.717, 1.165) is 10.7 Å². The Kier molecular flexibility index (Phi) is 5.99. The minimum Gasteiger partial charge on any atom is -0.381 e. The summed E-state index contributed by atoms with van der Waals surface area (Å²) in [6.45, 7) is -0.713. The van der Waals surface area contributed by atoms with E-state index in [-0.39, 0.29) is 54.6 Å². The summed E-state index contributed by atoms with van der Waals surface area (Å²) in [4.78, 5) is 31.0. The number of amides is 2. The summed E-state index contributed by atoms with van der Waals surface area (Å²) in [5.41, 5.74) is 5.15. The molecule has 1 atom stereocenters. The Morgan fingerprint density at radius 2 is 1.86 bits per heavy atom. The third-order valence-corrected chi connectivity index (χ3v) is 6.73. The van der Waals surface area contributed by atoms with Gasteiger partial charge in [-0.15, -0.1) is 0 Å². The van der Waals surface area contributed by atoms with E-state index in [1.54, 1.807) is 0 Å². The fourth-order valence-electron chi connectivity index (χ4n) is 4.89. The molecule has 0 aliphatic carbocycles. The van der Waals surface area contributed by atoms with E-state index in [1.807, 2.05) is 0 Å². The first-order valence-electron chi connectivity index (χ1n) is 11.4. The smallest absolute Gasteiger partial charge is 0.381 e. The molecule has 3 aromatic rings. The molecule has 2 amide bonds. The highest BCUT2D eigenvalue weighted by Crippen LogP contribution is 2.36. The first kappa shape index (κ1) is 24.8. The molecule has 5 rings (SSSR count). The zero-order chi connectivity index (χ0) is 26.6. The van der Waals surface area contributed by atoms with Crippen molar-refractivity contribution >= 4 is 28.5 Å². The molecular weight excluding hydrogens is 506 g/mol. The van der Waals surface area contributed by atoms with Crippen molar-refractivity contribution in [2.45, 2.75) is 37.5 Å². The summed E-state index contributed by atoms with van der Waals surface area (Å²) in [5, 5.41) is 4.15. The molecule has 2 saturated heterocycles. The highest BCUT2D eigenvalue weighted by Gasteiger charge is 2.47. The number of alkyl halides is 3. The number of benzene rings is 1. The maximum atomic E-state index is 14.8. The van der Waals surface area contributed by atoms with Crippen molar-refractivity contribution in [2.24, 2.45) is 0 Å². The summed E-state index contributed by atoms with van der Waals surface area (Å²) in [7, 11) is 0. The van der Waals surface area contributed by atoms with Gasteiger partial charge in [0.25, 0.3) is 5.91 Å². The average Bonchev–Trinajstić information content (AvgIpc) is 3.41. The van der Waals surface area contributed by atoms with Crippen LogP contribution in [0.4, 0.5) is 32.2 Å². The summed E-state index contributed by atoms with van der Waals surface area (Å²) >= 11 is 0. The number of carbonyl (C=O) groups is 2. The van der Waals surface area contributed by atoms with Crippen LogP contribution in [0.3, 0.4) is 0 Å². The average molecular weight is 526 g/mol. The third-order valence-electron chi connectivity index (χ3n) is 6.73. The van der Waals surface area contributed by atoms with Crippen molar-refractivity contribution in [2.75, 3.05) is 25.4 Å². The fraction of sp³-hybridized carbons (Fsp3) is 0.391. The summed E-state index contributed by atoms with van der Waals surface area (Å²) in [6.07, 6.45) is -3.45. The molecule has 0 unspecified atom stereocenters. The van der Waals surface area contributed by atoms with E-state index in [9.17, 15) is 35.9 Å². The van der Waals surface area contributed by atoms with Crippen molar-refractivity contribution < 1.29 is 35.9 Å². The molecular formula is C23H20F6N6O2. The summed E-state index contributed by atoms with van der Waals surface area (Å²) < 4.78 is 84.0. The fourth-order valence-corrected chi connectivity index (χ4v) is 4.89. The molecule has 4 heterocycles. The lowest BCUT2D eigenvalue weighted by Gasteiger charge is -2.38. The second kappa shape index (κ2) is 8.92. The van der Waals surface area contributed by atoms with Gasteiger partial charge in [-0.2, -0.15) is 18.3 Å². The molecule has 8 nitrogen and oxygen atoms in total. The van der Waals surface area contributed by atoms with Gasteiger partial charge in [-0.1, -0.05) is 0 Å². The largest absolute Gasteiger partial charge is 0.408 e. The second-order valence-electron chi connectivity index (χ2n) is 9.08. The van der Waals surface area contributed by atoms with E-state index in [0.29, 0.717) is 11.0 Å². The second-order valence-corrected chi connectivity index (χ2v) is 9.08. The number of fused-ring (bicyclic) bond motifs is 1. The molecule has 2 aliphatic heterocycles. The van der Waals surface area contributed by atoms with Crippen LogP contribution in [0, 0.1) is 17.5 Å². The molecule has 196 valence electrons. The normalized spacial score (nSPS) is 18.5. The summed E-state index contributed by atoms with van der Waals surface area (Å²) in [5.74, 6) is -5.40. The van der Waals surface area contributed by atoms with Gasteiger partial charge in [0.2, 0.25) is 5.91 Å². The molecule has 2 aliphatic rings. The minimum atomic E-state index is -4.59. The van der Waals surface area contributed by atoms with E-state index >= 15 is 0 Å². The van der Waals surface area contributed by atoms with Crippen LogP contribution in [-0.2, 0) is 11.3 Å². The maximum absolute atomic E-state index is 14.8. The van der Waals surface area contributed by atoms with Crippen LogP contribution < -0.4 is 5.73 Å². The van der Waals surface area contributed by atoms with Gasteiger partial charge >= 0.3 is 6.18 Å². The van der Waals surface area contributed by atoms with Crippen LogP contribution in [0.1, 0.15) is 34.8 Å². The predicted molar refractivity (Wildman–Crippen MR) is 118 cm³/mol. The number of hydrogen-bond acceptors (Lipinski definition) is 5. The van der Waals surface area contributed by atoms with Crippen LogP contribution in [0.2, 0.25) is 0 Å². The van der Waals surface area contributed by atoms with E-state index in [4.69, 9.17) is 5.73 Å². The van der Waals surface area contributed by atoms with Crippen molar-refractivity contribution in [3.63, 3.8) is 0 Å². The van der Waals surface area contributed by atoms with Crippen LogP contribution in [0.5, 0.6) is 0 Å². The Labute approximate surface area is 205 Å². The lowest BCUT2D eigenvalue weighted by molar-refractivity contribution is -0.183. The number of likely N-dealkylation sites (tertiary alicyclic amines) is 2. The van der Waals surface area contributed by atoms with E-state index < -0.39 is 59.8 Å². The molecule has 1 aromatic carbocycles. The predicted octanol–water partition coefficient (Wildman–Crippen LogP) is 3.22. The number of anilines is 1. The molecule has 37 heavy (non-hydrogen) atoms. The van der Waals surface area contributed by atoms with Gasteiger partial charge in [0.05, 0.1) is 22.2 Å². The topological polar surface area (TPSA) is 97.3 Å². The van der Waals surface area contributed by atoms with Gasteiger partial charge in [0.15, 0.2) is 11.6 Å². The molecule has 2 aromatic heterocycles. The van der Waals surface area contributed by atoms with Crippen molar-refractivity contribution in [3.05, 3.63) is 53.1 Å². The number of carbonyl (C=O) groups excluding carboxylic acids is 2. The number of halogens is 6. The van der Waals surface area contributed by atoms with E-state index in [2.05, 4.69) is 10.1 Å². The highest BCUT2D eigenvalue weighted by molar-refractivity contribution is 5.96. The Morgan fingerprint density at radius 1 is 1.14 bits per heavy atom. The van der Waals surface area contributed by atoms with Gasteiger partial charge < -0.3 is 15.5 Å². The minimum absolute atomic E-state index is 0.0135. The highest BCUT2D eigenvalue weighted by atomic mass is 19.4. The number of nitrogen functional groups attached to an aromatic ring is 1. The molecule has 0 saturated carbocycles. The zero-order valence-electron chi connectivity index (χ0n) is 19.1. The first-order valence-corrected chi connectivity index (χ1v) is 11.4. The Balaban J connectivity index is 1.41. The van der Waals surface area contributed by atoms with Crippen molar-refractivity contribution in [1.82, 2.24) is 24.6 Å². The Morgan fingerprint density at radius 3 is 2.57 bits per heavy atom. The Hall–Kier alpha value is -3.84. The number of hydrogen-bond donors (Lipinski definition) is 1. The monoisotopic (exact) mass is 526 g/mol. The maximum Gasteiger partial charge on any atom is 0.408 e. The molecule has 14 heteroatoms. The third kappa shape index (κ3) is 4.33. The number of rotatable bonds is 4. The molecule has 2 N–H and O–H groups in total. The van der Waals surface area contributed by atoms with Gasteiger partial charge in [0.1, 0.15) is 24.2 Å². The van der Waals surface area contributed by atoms with Gasteiger partial charge in [-0.3, -0.25) is 14.3 Å². The van der Waals surface area contributed by atoms with Crippen molar-refractivity contribution in [1.29, 1.82) is 0 Å². The molecule has 0 spiro atoms. The van der Waals surface area contributed by atoms with Gasteiger partial charge in [0, 0.05) is 43.9 Å². The lowest BCUT2D eigenvalue weighted by atomic mass is 9.93. The number of nitrogens with two attached hydrogens (primary N) is 1. The first-order chi connectivity index (χ1) is 17.5. The Bertz CT molecular complexity index is 1400. The van der Waals surface area contributed by atoms with E-state index in [1.165, 1.54) is 17.2 Å². The van der Waals surface area contributed by atoms with Crippen LogP contribution in [-0.4, -0.2) is 68.2 Å². The standard InChI is InChI=1S/C23H20F6N6O2/c24-12-6-14(25)18-15(7-12)35(10-17(36)34-5-1-2-16(34)23(27,28)29)32-20(18)11-8-33(9-11)22(37)13-3-4-31-21(30)19(13)26/h3-4,6-7,11,16H,1-2,5,8-10H2,(H2,30,31)/t16-/m0/s1. The lowest BCUT2D eigenvalue weighted by Crippen LogP contribution is -2.49. The van der Waals surface area contributed by atoms with Gasteiger partial charge in [-0.25, -0.2) is 18.2 Å². The number of nitrogens with zero attached hydrogens (tertiary/aromatic N) is 5. The SMILES string of the molecule is Nc1nccc(C(=O)N2CC(c3nn(CC(=O)N4CCC[C@H]4C(F)(F)F)c4cc(F)cc(F)c34)C2)c1F.